The van der Waals surface area contributed by atoms with Crippen molar-refractivity contribution in [1.29, 1.82) is 0 Å². The topological polar surface area (TPSA) is 68.0 Å². The summed E-state index contributed by atoms with van der Waals surface area (Å²) in [6.07, 6.45) is 2.96. The summed E-state index contributed by atoms with van der Waals surface area (Å²) >= 11 is 5.79. The van der Waals surface area contributed by atoms with E-state index in [0.29, 0.717) is 17.1 Å². The molecule has 1 aromatic heterocycles. The molecule has 0 aromatic carbocycles. The maximum Gasteiger partial charge on any atom is 0.253 e. The normalized spacial score (nSPS) is 10.7. The molecule has 0 fully saturated rings. The first kappa shape index (κ1) is 17.8. The van der Waals surface area contributed by atoms with Gasteiger partial charge in [0.05, 0.1) is 10.6 Å². The van der Waals surface area contributed by atoms with Crippen LogP contribution in [0.2, 0.25) is 5.02 Å². The van der Waals surface area contributed by atoms with Gasteiger partial charge in [0.25, 0.3) is 5.91 Å². The molecule has 1 heterocycles. The van der Waals surface area contributed by atoms with Gasteiger partial charge in [-0.2, -0.15) is 0 Å². The minimum absolute atomic E-state index is 0. The summed E-state index contributed by atoms with van der Waals surface area (Å²) in [7, 11) is 0. The molecule has 16 heavy (non-hydrogen) atoms. The van der Waals surface area contributed by atoms with E-state index < -0.39 is 0 Å². The van der Waals surface area contributed by atoms with Crippen LogP contribution in [0.25, 0.3) is 0 Å². The molecule has 0 aliphatic carbocycles. The van der Waals surface area contributed by atoms with Crippen molar-refractivity contribution < 1.29 is 4.79 Å². The summed E-state index contributed by atoms with van der Waals surface area (Å²) in [5.41, 5.74) is 5.79. The predicted molar refractivity (Wildman–Crippen MR) is 69.7 cm³/mol. The van der Waals surface area contributed by atoms with Crippen molar-refractivity contribution in [3.8, 4) is 0 Å². The van der Waals surface area contributed by atoms with Crippen LogP contribution < -0.4 is 11.1 Å². The molecule has 3 N–H and O–H groups in total. The van der Waals surface area contributed by atoms with Crippen LogP contribution in [0.15, 0.2) is 18.5 Å². The summed E-state index contributed by atoms with van der Waals surface area (Å²) in [5.74, 6) is -0.227. The number of amides is 1. The number of halogens is 3. The van der Waals surface area contributed by atoms with Crippen LogP contribution in [0.5, 0.6) is 0 Å². The van der Waals surface area contributed by atoms with Gasteiger partial charge in [-0.1, -0.05) is 11.6 Å². The second kappa shape index (κ2) is 8.58. The number of nitrogens with zero attached hydrogens (tertiary/aromatic N) is 1. The quantitative estimate of drug-likeness (QED) is 0.888. The van der Waals surface area contributed by atoms with Gasteiger partial charge in [-0.05, 0) is 13.0 Å². The van der Waals surface area contributed by atoms with Gasteiger partial charge in [-0.15, -0.1) is 24.8 Å². The fourth-order valence-electron chi connectivity index (χ4n) is 0.920. The molecule has 7 heteroatoms. The van der Waals surface area contributed by atoms with Crippen LogP contribution in [0, 0.1) is 0 Å². The second-order valence-electron chi connectivity index (χ2n) is 2.97. The Morgan fingerprint density at radius 1 is 1.62 bits per heavy atom. The van der Waals surface area contributed by atoms with E-state index in [1.165, 1.54) is 12.4 Å². The summed E-state index contributed by atoms with van der Waals surface area (Å²) in [6.45, 7) is 2.22. The molecular weight excluding hydrogens is 272 g/mol. The lowest BCUT2D eigenvalue weighted by Gasteiger charge is -2.11. The first-order valence-electron chi connectivity index (χ1n) is 4.25. The van der Waals surface area contributed by atoms with Gasteiger partial charge < -0.3 is 11.1 Å². The monoisotopic (exact) mass is 285 g/mol. The van der Waals surface area contributed by atoms with Crippen molar-refractivity contribution in [3.05, 3.63) is 29.0 Å². The highest BCUT2D eigenvalue weighted by atomic mass is 35.5. The minimum atomic E-state index is -0.227. The first-order valence-corrected chi connectivity index (χ1v) is 4.63. The third kappa shape index (κ3) is 4.99. The standard InChI is InChI=1S/C9H12ClN3O.2ClH/c1-6(4-11)13-9(14)7-2-3-12-5-8(7)10;;/h2-3,5-6H,4,11H2,1H3,(H,13,14);2*1H/t6-;;/m1../s1. The third-order valence-electron chi connectivity index (χ3n) is 1.75. The molecule has 1 rings (SSSR count). The Balaban J connectivity index is 0. The number of nitrogens with one attached hydrogen (secondary N) is 1. The van der Waals surface area contributed by atoms with Crippen LogP contribution >= 0.6 is 36.4 Å². The van der Waals surface area contributed by atoms with Crippen molar-refractivity contribution in [2.75, 3.05) is 6.54 Å². The fourth-order valence-corrected chi connectivity index (χ4v) is 1.12. The minimum Gasteiger partial charge on any atom is -0.348 e. The summed E-state index contributed by atoms with van der Waals surface area (Å²) in [4.78, 5) is 15.3. The second-order valence-corrected chi connectivity index (χ2v) is 3.37. The number of carbonyl (C=O) groups is 1. The zero-order valence-electron chi connectivity index (χ0n) is 8.64. The van der Waals surface area contributed by atoms with Crippen molar-refractivity contribution in [2.24, 2.45) is 5.73 Å². The van der Waals surface area contributed by atoms with Gasteiger partial charge >= 0.3 is 0 Å². The van der Waals surface area contributed by atoms with Gasteiger partial charge in [-0.3, -0.25) is 9.78 Å². The van der Waals surface area contributed by atoms with Crippen LogP contribution in [-0.4, -0.2) is 23.5 Å². The van der Waals surface area contributed by atoms with E-state index in [9.17, 15) is 4.79 Å². The molecule has 1 aromatic rings. The molecule has 0 bridgehead atoms. The molecule has 4 nitrogen and oxygen atoms in total. The zero-order valence-corrected chi connectivity index (χ0v) is 11.0. The van der Waals surface area contributed by atoms with Crippen molar-refractivity contribution >= 4 is 42.3 Å². The maximum absolute atomic E-state index is 11.6. The molecule has 0 spiro atoms. The van der Waals surface area contributed by atoms with Crippen molar-refractivity contribution in [2.45, 2.75) is 13.0 Å². The molecule has 0 unspecified atom stereocenters. The van der Waals surface area contributed by atoms with E-state index in [2.05, 4.69) is 10.3 Å². The predicted octanol–water partition coefficient (Wildman–Crippen LogP) is 1.66. The highest BCUT2D eigenvalue weighted by Gasteiger charge is 2.11. The highest BCUT2D eigenvalue weighted by Crippen LogP contribution is 2.12. The van der Waals surface area contributed by atoms with E-state index in [-0.39, 0.29) is 36.8 Å². The zero-order chi connectivity index (χ0) is 10.6. The molecule has 1 amide bonds. The molecule has 0 saturated carbocycles. The largest absolute Gasteiger partial charge is 0.348 e. The number of aromatic nitrogens is 1. The molecule has 0 aliphatic rings. The van der Waals surface area contributed by atoms with Crippen LogP contribution in [0.3, 0.4) is 0 Å². The Labute approximate surface area is 112 Å². The average Bonchev–Trinajstić information content (AvgIpc) is 2.18. The molecule has 1 atom stereocenters. The van der Waals surface area contributed by atoms with Crippen molar-refractivity contribution in [3.63, 3.8) is 0 Å². The summed E-state index contributed by atoms with van der Waals surface area (Å²) in [6, 6.07) is 1.51. The van der Waals surface area contributed by atoms with Crippen LogP contribution in [0.4, 0.5) is 0 Å². The van der Waals surface area contributed by atoms with E-state index in [1.54, 1.807) is 6.07 Å². The maximum atomic E-state index is 11.6. The lowest BCUT2D eigenvalue weighted by molar-refractivity contribution is 0.0941. The van der Waals surface area contributed by atoms with E-state index in [1.807, 2.05) is 6.92 Å². The highest BCUT2D eigenvalue weighted by molar-refractivity contribution is 6.33. The molecule has 0 radical (unpaired) electrons. The Bertz CT molecular complexity index is 336. The SMILES string of the molecule is C[C@H](CN)NC(=O)c1ccncc1Cl.Cl.Cl. The van der Waals surface area contributed by atoms with E-state index in [0.717, 1.165) is 0 Å². The molecular formula is C9H14Cl3N3O. The lowest BCUT2D eigenvalue weighted by atomic mass is 10.2. The van der Waals surface area contributed by atoms with Gasteiger partial charge in [0.15, 0.2) is 0 Å². The number of carbonyl (C=O) groups excluding carboxylic acids is 1. The van der Waals surface area contributed by atoms with Gasteiger partial charge in [-0.25, -0.2) is 0 Å². The Morgan fingerprint density at radius 2 is 2.25 bits per heavy atom. The van der Waals surface area contributed by atoms with E-state index >= 15 is 0 Å². The number of hydrogen-bond donors (Lipinski definition) is 2. The third-order valence-corrected chi connectivity index (χ3v) is 2.05. The fraction of sp³-hybridized carbons (Fsp3) is 0.333. The van der Waals surface area contributed by atoms with Gasteiger partial charge in [0, 0.05) is 25.0 Å². The number of nitrogens with two attached hydrogens (primary N) is 1. The average molecular weight is 287 g/mol. The molecule has 0 saturated heterocycles. The van der Waals surface area contributed by atoms with Gasteiger partial charge in [0.1, 0.15) is 0 Å². The Hall–Kier alpha value is -0.550. The molecule has 0 aliphatic heterocycles. The van der Waals surface area contributed by atoms with E-state index in [4.69, 9.17) is 17.3 Å². The number of pyridine rings is 1. The summed E-state index contributed by atoms with van der Waals surface area (Å²) in [5, 5.41) is 3.05. The Morgan fingerprint density at radius 3 is 2.75 bits per heavy atom. The van der Waals surface area contributed by atoms with Crippen LogP contribution in [0.1, 0.15) is 17.3 Å². The lowest BCUT2D eigenvalue weighted by Crippen LogP contribution is -2.37. The number of rotatable bonds is 3. The molecule has 92 valence electrons. The van der Waals surface area contributed by atoms with Crippen LogP contribution in [-0.2, 0) is 0 Å². The van der Waals surface area contributed by atoms with Crippen molar-refractivity contribution in [1.82, 2.24) is 10.3 Å². The first-order chi connectivity index (χ1) is 6.65. The Kier molecular flexibility index (Phi) is 9.57. The van der Waals surface area contributed by atoms with Gasteiger partial charge in [0.2, 0.25) is 0 Å². The number of hydrogen-bond acceptors (Lipinski definition) is 3. The smallest absolute Gasteiger partial charge is 0.253 e. The summed E-state index contributed by atoms with van der Waals surface area (Å²) < 4.78 is 0.